The molecular formula is C13H16N2O2. The molecule has 0 saturated carbocycles. The Morgan fingerprint density at radius 3 is 2.88 bits per heavy atom. The van der Waals surface area contributed by atoms with Gasteiger partial charge in [0.15, 0.2) is 0 Å². The van der Waals surface area contributed by atoms with E-state index in [-0.39, 0.29) is 0 Å². The molecule has 0 radical (unpaired) electrons. The van der Waals surface area contributed by atoms with Gasteiger partial charge < -0.3 is 15.5 Å². The van der Waals surface area contributed by atoms with Gasteiger partial charge in [-0.2, -0.15) is 0 Å². The number of carbonyl (C=O) groups is 1. The summed E-state index contributed by atoms with van der Waals surface area (Å²) in [6, 6.07) is 7.93. The molecule has 0 aliphatic rings. The SMILES string of the molecule is CO[14C](=O)C(C)(N)Cc1c[nH]c2ccccc12. The second-order valence-corrected chi connectivity index (χ2v) is 4.45. The summed E-state index contributed by atoms with van der Waals surface area (Å²) in [5.74, 6) is -0.400. The van der Waals surface area contributed by atoms with Crippen molar-refractivity contribution in [3.05, 3.63) is 36.0 Å². The van der Waals surface area contributed by atoms with Crippen molar-refractivity contribution in [2.24, 2.45) is 5.73 Å². The summed E-state index contributed by atoms with van der Waals surface area (Å²) in [6.45, 7) is 1.68. The maximum atomic E-state index is 11.5. The molecule has 0 aliphatic carbocycles. The smallest absolute Gasteiger partial charge is 0.325 e. The molecule has 90 valence electrons. The minimum Gasteiger partial charge on any atom is -0.468 e. The van der Waals surface area contributed by atoms with E-state index in [2.05, 4.69) is 4.98 Å². The second-order valence-electron chi connectivity index (χ2n) is 4.45. The predicted octanol–water partition coefficient (Wildman–Crippen LogP) is 1.60. The van der Waals surface area contributed by atoms with Crippen molar-refractivity contribution in [2.45, 2.75) is 18.9 Å². The summed E-state index contributed by atoms with van der Waals surface area (Å²) in [5.41, 5.74) is 7.03. The number of H-pyrrole nitrogens is 1. The summed E-state index contributed by atoms with van der Waals surface area (Å²) in [4.78, 5) is 14.7. The lowest BCUT2D eigenvalue weighted by atomic mass is 10.0. The number of esters is 1. The monoisotopic (exact) mass is 234 g/mol. The summed E-state index contributed by atoms with van der Waals surface area (Å²) in [5, 5.41) is 1.09. The second kappa shape index (κ2) is 4.22. The highest BCUT2D eigenvalue weighted by atomic mass is 16.8. The number of fused-ring (bicyclic) bond motifs is 1. The topological polar surface area (TPSA) is 68.1 Å². The molecule has 1 heterocycles. The molecule has 0 fully saturated rings. The molecule has 3 N–H and O–H groups in total. The molecule has 1 aromatic carbocycles. The Morgan fingerprint density at radius 1 is 1.47 bits per heavy atom. The quantitative estimate of drug-likeness (QED) is 0.793. The average molecular weight is 234 g/mol. The average Bonchev–Trinajstić information content (AvgIpc) is 2.71. The Morgan fingerprint density at radius 2 is 2.18 bits per heavy atom. The lowest BCUT2D eigenvalue weighted by molar-refractivity contribution is -0.146. The number of rotatable bonds is 3. The van der Waals surface area contributed by atoms with E-state index < -0.39 is 11.5 Å². The number of hydrogen-bond donors (Lipinski definition) is 2. The molecule has 1 atom stereocenters. The number of benzene rings is 1. The zero-order valence-corrected chi connectivity index (χ0v) is 9.99. The van der Waals surface area contributed by atoms with Gasteiger partial charge in [-0.15, -0.1) is 0 Å². The molecule has 4 nitrogen and oxygen atoms in total. The van der Waals surface area contributed by atoms with Gasteiger partial charge in [0.1, 0.15) is 5.54 Å². The van der Waals surface area contributed by atoms with Crippen LogP contribution in [-0.4, -0.2) is 23.6 Å². The van der Waals surface area contributed by atoms with Crippen LogP contribution in [0.4, 0.5) is 0 Å². The summed E-state index contributed by atoms with van der Waals surface area (Å²) in [6.07, 6.45) is 2.34. The fourth-order valence-corrected chi connectivity index (χ4v) is 1.98. The first-order chi connectivity index (χ1) is 8.04. The number of methoxy groups -OCH3 is 1. The van der Waals surface area contributed by atoms with E-state index in [0.717, 1.165) is 16.5 Å². The van der Waals surface area contributed by atoms with Crippen LogP contribution < -0.4 is 5.73 Å². The van der Waals surface area contributed by atoms with Gasteiger partial charge in [0.2, 0.25) is 0 Å². The van der Waals surface area contributed by atoms with Crippen LogP contribution in [0, 0.1) is 0 Å². The maximum Gasteiger partial charge on any atom is 0.325 e. The van der Waals surface area contributed by atoms with Crippen LogP contribution in [0.2, 0.25) is 0 Å². The molecular weight excluding hydrogens is 218 g/mol. The summed E-state index contributed by atoms with van der Waals surface area (Å²) < 4.78 is 4.70. The Bertz CT molecular complexity index is 543. The van der Waals surface area contributed by atoms with Gasteiger partial charge in [-0.25, -0.2) is 0 Å². The van der Waals surface area contributed by atoms with Crippen LogP contribution in [0.15, 0.2) is 30.5 Å². The van der Waals surface area contributed by atoms with Crippen LogP contribution in [0.3, 0.4) is 0 Å². The first kappa shape index (κ1) is 11.7. The Kier molecular flexibility index (Phi) is 2.90. The number of carbonyl (C=O) groups excluding carboxylic acids is 1. The van der Waals surface area contributed by atoms with Crippen LogP contribution >= 0.6 is 0 Å². The number of hydrogen-bond acceptors (Lipinski definition) is 3. The van der Waals surface area contributed by atoms with E-state index >= 15 is 0 Å². The molecule has 1 aromatic heterocycles. The van der Waals surface area contributed by atoms with Gasteiger partial charge in [-0.1, -0.05) is 18.2 Å². The van der Waals surface area contributed by atoms with E-state index in [9.17, 15) is 4.79 Å². The van der Waals surface area contributed by atoms with Crippen molar-refractivity contribution in [2.75, 3.05) is 7.11 Å². The van der Waals surface area contributed by atoms with Crippen LogP contribution in [0.5, 0.6) is 0 Å². The van der Waals surface area contributed by atoms with E-state index in [1.165, 1.54) is 7.11 Å². The predicted molar refractivity (Wildman–Crippen MR) is 66.6 cm³/mol. The molecule has 0 aliphatic heterocycles. The Hall–Kier alpha value is -1.81. The van der Waals surface area contributed by atoms with Crippen molar-refractivity contribution in [3.63, 3.8) is 0 Å². The van der Waals surface area contributed by atoms with Crippen molar-refractivity contribution >= 4 is 16.9 Å². The molecule has 0 bridgehead atoms. The first-order valence-electron chi connectivity index (χ1n) is 5.47. The molecule has 0 amide bonds. The molecule has 4 heteroatoms. The number of para-hydroxylation sites is 1. The molecule has 2 rings (SSSR count). The third-order valence-corrected chi connectivity index (χ3v) is 2.88. The molecule has 17 heavy (non-hydrogen) atoms. The number of nitrogens with one attached hydrogen (secondary N) is 1. The maximum absolute atomic E-state index is 11.5. The highest BCUT2D eigenvalue weighted by Gasteiger charge is 2.30. The van der Waals surface area contributed by atoms with Gasteiger partial charge in [0, 0.05) is 23.5 Å². The molecule has 0 spiro atoms. The van der Waals surface area contributed by atoms with E-state index in [1.54, 1.807) is 6.92 Å². The number of ether oxygens (including phenoxy) is 1. The third kappa shape index (κ3) is 2.17. The number of aromatic amines is 1. The van der Waals surface area contributed by atoms with Crippen molar-refractivity contribution < 1.29 is 9.53 Å². The summed E-state index contributed by atoms with van der Waals surface area (Å²) >= 11 is 0. The minimum atomic E-state index is -1.00. The Labute approximate surface area is 99.8 Å². The third-order valence-electron chi connectivity index (χ3n) is 2.88. The van der Waals surface area contributed by atoms with Crippen molar-refractivity contribution in [1.82, 2.24) is 4.98 Å². The van der Waals surface area contributed by atoms with Crippen molar-refractivity contribution in [3.8, 4) is 0 Å². The van der Waals surface area contributed by atoms with Gasteiger partial charge in [-0.3, -0.25) is 4.79 Å². The molecule has 1 unspecified atom stereocenters. The van der Waals surface area contributed by atoms with Crippen molar-refractivity contribution in [1.29, 1.82) is 0 Å². The standard InChI is InChI=1S/C13H16N2O2/c1-13(14,12(16)17-2)7-9-8-15-11-6-4-3-5-10(9)11/h3-6,8,15H,7,14H2,1-2H3/i12+2. The van der Waals surface area contributed by atoms with E-state index in [1.807, 2.05) is 30.5 Å². The summed E-state index contributed by atoms with van der Waals surface area (Å²) in [7, 11) is 1.35. The van der Waals surface area contributed by atoms with E-state index in [0.29, 0.717) is 6.42 Å². The van der Waals surface area contributed by atoms with Crippen LogP contribution in [0.25, 0.3) is 10.9 Å². The first-order valence-corrected chi connectivity index (χ1v) is 5.47. The highest BCUT2D eigenvalue weighted by Crippen LogP contribution is 2.21. The van der Waals surface area contributed by atoms with Gasteiger partial charge >= 0.3 is 5.97 Å². The Balaban J connectivity index is 2.33. The minimum absolute atomic E-state index is 0.400. The molecule has 0 saturated heterocycles. The normalized spacial score (nSPS) is 14.5. The van der Waals surface area contributed by atoms with E-state index in [4.69, 9.17) is 10.5 Å². The number of nitrogens with two attached hydrogens (primary N) is 1. The fraction of sp³-hybridized carbons (Fsp3) is 0.308. The van der Waals surface area contributed by atoms with Gasteiger partial charge in [-0.05, 0) is 18.6 Å². The lowest BCUT2D eigenvalue weighted by Gasteiger charge is -2.20. The lowest BCUT2D eigenvalue weighted by Crippen LogP contribution is -2.47. The van der Waals surface area contributed by atoms with Crippen LogP contribution in [-0.2, 0) is 16.0 Å². The van der Waals surface area contributed by atoms with Crippen LogP contribution in [0.1, 0.15) is 12.5 Å². The number of aromatic nitrogens is 1. The largest absolute Gasteiger partial charge is 0.468 e. The molecule has 2 aromatic rings. The van der Waals surface area contributed by atoms with Gasteiger partial charge in [0.05, 0.1) is 7.11 Å². The zero-order chi connectivity index (χ0) is 12.5. The highest BCUT2D eigenvalue weighted by molar-refractivity contribution is 5.85. The van der Waals surface area contributed by atoms with Gasteiger partial charge in [0.25, 0.3) is 0 Å². The fourth-order valence-electron chi connectivity index (χ4n) is 1.98. The zero-order valence-electron chi connectivity index (χ0n) is 9.99.